The van der Waals surface area contributed by atoms with Crippen molar-refractivity contribution in [2.45, 2.75) is 19.3 Å². The Hall–Kier alpha value is -2.94. The van der Waals surface area contributed by atoms with Crippen molar-refractivity contribution < 1.29 is 24.4 Å². The Morgan fingerprint density at radius 2 is 2.11 bits per heavy atom. The molecule has 3 N–H and O–H groups in total. The van der Waals surface area contributed by atoms with Crippen LogP contribution in [0.4, 0.5) is 5.69 Å². The number of rotatable bonds is 7. The number of carboxylic acids is 1. The summed E-state index contributed by atoms with van der Waals surface area (Å²) < 4.78 is 5.26. The number of amides is 1. The number of nitrogens with one attached hydrogen (secondary N) is 2. The number of aromatic amines is 1. The average molecular weight is 375 g/mol. The molecule has 27 heavy (non-hydrogen) atoms. The third-order valence-corrected chi connectivity index (χ3v) is 4.98. The molecule has 0 spiro atoms. The SMILES string of the molecule is O=C(Cc1c[nH]c2ccc([N+](=O)[O-])cc12)NCC(C(=O)O)C1CCOCC1. The van der Waals surface area contributed by atoms with Gasteiger partial charge in [0.25, 0.3) is 5.69 Å². The van der Waals surface area contributed by atoms with Crippen molar-refractivity contribution in [3.63, 3.8) is 0 Å². The normalized spacial score (nSPS) is 16.1. The van der Waals surface area contributed by atoms with Gasteiger partial charge in [-0.25, -0.2) is 0 Å². The van der Waals surface area contributed by atoms with Gasteiger partial charge in [0.1, 0.15) is 0 Å². The van der Waals surface area contributed by atoms with Gasteiger partial charge in [0, 0.05) is 49.0 Å². The predicted octanol–water partition coefficient (Wildman–Crippen LogP) is 1.86. The van der Waals surface area contributed by atoms with Crippen molar-refractivity contribution in [2.24, 2.45) is 11.8 Å². The third kappa shape index (κ3) is 4.43. The molecule has 144 valence electrons. The first kappa shape index (κ1) is 18.8. The second-order valence-electron chi connectivity index (χ2n) is 6.68. The van der Waals surface area contributed by atoms with E-state index >= 15 is 0 Å². The number of aliphatic carboxylic acids is 1. The summed E-state index contributed by atoms with van der Waals surface area (Å²) in [6, 6.07) is 4.42. The highest BCUT2D eigenvalue weighted by Gasteiger charge is 2.30. The smallest absolute Gasteiger partial charge is 0.308 e. The Kier molecular flexibility index (Phi) is 5.70. The van der Waals surface area contributed by atoms with E-state index < -0.39 is 16.8 Å². The first-order valence-electron chi connectivity index (χ1n) is 8.77. The maximum absolute atomic E-state index is 12.3. The number of aromatic nitrogens is 1. The number of non-ortho nitro benzene ring substituents is 1. The summed E-state index contributed by atoms with van der Waals surface area (Å²) in [6.07, 6.45) is 2.99. The van der Waals surface area contributed by atoms with Crippen LogP contribution in [0.2, 0.25) is 0 Å². The molecular weight excluding hydrogens is 354 g/mol. The molecule has 2 aromatic rings. The number of carboxylic acid groups (broad SMARTS) is 1. The lowest BCUT2D eigenvalue weighted by atomic mass is 9.86. The van der Waals surface area contributed by atoms with Gasteiger partial charge in [-0.05, 0) is 30.4 Å². The zero-order valence-electron chi connectivity index (χ0n) is 14.6. The van der Waals surface area contributed by atoms with Crippen LogP contribution in [0, 0.1) is 22.0 Å². The van der Waals surface area contributed by atoms with Crippen LogP contribution in [0.1, 0.15) is 18.4 Å². The molecule has 0 bridgehead atoms. The summed E-state index contributed by atoms with van der Waals surface area (Å²) in [5, 5.41) is 23.7. The minimum Gasteiger partial charge on any atom is -0.481 e. The van der Waals surface area contributed by atoms with Gasteiger partial charge in [-0.2, -0.15) is 0 Å². The zero-order valence-corrected chi connectivity index (χ0v) is 14.6. The fourth-order valence-electron chi connectivity index (χ4n) is 3.46. The highest BCUT2D eigenvalue weighted by atomic mass is 16.6. The average Bonchev–Trinajstić information content (AvgIpc) is 3.04. The second-order valence-corrected chi connectivity index (χ2v) is 6.68. The molecule has 0 aliphatic carbocycles. The summed E-state index contributed by atoms with van der Waals surface area (Å²) >= 11 is 0. The number of nitro groups is 1. The van der Waals surface area contributed by atoms with E-state index in [0.717, 1.165) is 0 Å². The number of nitrogens with zero attached hydrogens (tertiary/aromatic N) is 1. The molecule has 0 saturated carbocycles. The van der Waals surface area contributed by atoms with E-state index in [-0.39, 0.29) is 30.5 Å². The molecular formula is C18H21N3O6. The standard InChI is InChI=1S/C18H21N3O6/c22-17(20-10-15(18(23)24)11-3-5-27-6-4-11)7-12-9-19-16-2-1-13(21(25)26)8-14(12)16/h1-2,8-9,11,15,19H,3-7,10H2,(H,20,22)(H,23,24). The molecule has 9 nitrogen and oxygen atoms in total. The molecule has 2 heterocycles. The van der Waals surface area contributed by atoms with Crippen LogP contribution in [-0.2, 0) is 20.7 Å². The molecule has 1 fully saturated rings. The number of H-pyrrole nitrogens is 1. The molecule has 1 amide bonds. The fourth-order valence-corrected chi connectivity index (χ4v) is 3.46. The molecule has 1 atom stereocenters. The van der Waals surface area contributed by atoms with E-state index in [0.29, 0.717) is 42.5 Å². The van der Waals surface area contributed by atoms with Gasteiger partial charge >= 0.3 is 5.97 Å². The molecule has 1 unspecified atom stereocenters. The second kappa shape index (κ2) is 8.17. The van der Waals surface area contributed by atoms with Gasteiger partial charge < -0.3 is 20.1 Å². The number of carbonyl (C=O) groups is 2. The van der Waals surface area contributed by atoms with Crippen LogP contribution >= 0.6 is 0 Å². The van der Waals surface area contributed by atoms with Crippen molar-refractivity contribution in [3.8, 4) is 0 Å². The van der Waals surface area contributed by atoms with Crippen molar-refractivity contribution in [3.05, 3.63) is 40.1 Å². The number of benzene rings is 1. The Balaban J connectivity index is 1.64. The molecule has 9 heteroatoms. The van der Waals surface area contributed by atoms with Crippen LogP contribution in [0.5, 0.6) is 0 Å². The molecule has 3 rings (SSSR count). The topological polar surface area (TPSA) is 135 Å². The molecule has 1 aliphatic heterocycles. The van der Waals surface area contributed by atoms with Crippen LogP contribution in [0.15, 0.2) is 24.4 Å². The summed E-state index contributed by atoms with van der Waals surface area (Å²) in [7, 11) is 0. The third-order valence-electron chi connectivity index (χ3n) is 4.98. The monoisotopic (exact) mass is 375 g/mol. The van der Waals surface area contributed by atoms with Crippen molar-refractivity contribution in [2.75, 3.05) is 19.8 Å². The predicted molar refractivity (Wildman–Crippen MR) is 96.3 cm³/mol. The van der Waals surface area contributed by atoms with Crippen molar-refractivity contribution >= 4 is 28.5 Å². The number of ether oxygens (including phenoxy) is 1. The van der Waals surface area contributed by atoms with E-state index in [9.17, 15) is 24.8 Å². The number of carbonyl (C=O) groups excluding carboxylic acids is 1. The Bertz CT molecular complexity index is 856. The van der Waals surface area contributed by atoms with Crippen LogP contribution < -0.4 is 5.32 Å². The van der Waals surface area contributed by atoms with E-state index in [1.807, 2.05) is 0 Å². The van der Waals surface area contributed by atoms with Gasteiger partial charge in [0.05, 0.1) is 17.3 Å². The number of hydrogen-bond acceptors (Lipinski definition) is 5. The minimum absolute atomic E-state index is 0.0152. The molecule has 1 aromatic carbocycles. The van der Waals surface area contributed by atoms with Gasteiger partial charge in [-0.1, -0.05) is 0 Å². The Morgan fingerprint density at radius 1 is 1.37 bits per heavy atom. The van der Waals surface area contributed by atoms with Crippen LogP contribution in [0.25, 0.3) is 10.9 Å². The summed E-state index contributed by atoms with van der Waals surface area (Å²) in [5.41, 5.74) is 1.28. The van der Waals surface area contributed by atoms with Crippen molar-refractivity contribution in [1.82, 2.24) is 10.3 Å². The maximum atomic E-state index is 12.3. The lowest BCUT2D eigenvalue weighted by Gasteiger charge is -2.27. The van der Waals surface area contributed by atoms with E-state index in [4.69, 9.17) is 4.74 Å². The number of nitro benzene ring substituents is 1. The zero-order chi connectivity index (χ0) is 19.4. The van der Waals surface area contributed by atoms with E-state index in [1.165, 1.54) is 12.1 Å². The van der Waals surface area contributed by atoms with Gasteiger partial charge in [0.15, 0.2) is 0 Å². The Morgan fingerprint density at radius 3 is 2.78 bits per heavy atom. The molecule has 0 radical (unpaired) electrons. The minimum atomic E-state index is -0.926. The first-order chi connectivity index (χ1) is 13.0. The van der Waals surface area contributed by atoms with Gasteiger partial charge in [-0.3, -0.25) is 19.7 Å². The molecule has 1 aliphatic rings. The summed E-state index contributed by atoms with van der Waals surface area (Å²) in [4.78, 5) is 37.3. The van der Waals surface area contributed by atoms with E-state index in [2.05, 4.69) is 10.3 Å². The number of hydrogen-bond donors (Lipinski definition) is 3. The lowest BCUT2D eigenvalue weighted by molar-refractivity contribution is -0.384. The van der Waals surface area contributed by atoms with E-state index in [1.54, 1.807) is 12.3 Å². The largest absolute Gasteiger partial charge is 0.481 e. The highest BCUT2D eigenvalue weighted by Crippen LogP contribution is 2.25. The number of fused-ring (bicyclic) bond motifs is 1. The highest BCUT2D eigenvalue weighted by molar-refractivity contribution is 5.90. The summed E-state index contributed by atoms with van der Waals surface area (Å²) in [5.74, 6) is -1.92. The Labute approximate surface area is 154 Å². The first-order valence-corrected chi connectivity index (χ1v) is 8.77. The van der Waals surface area contributed by atoms with Crippen LogP contribution in [-0.4, -0.2) is 46.6 Å². The lowest BCUT2D eigenvalue weighted by Crippen LogP contribution is -2.39. The van der Waals surface area contributed by atoms with Crippen molar-refractivity contribution in [1.29, 1.82) is 0 Å². The van der Waals surface area contributed by atoms with Crippen LogP contribution in [0.3, 0.4) is 0 Å². The fraction of sp³-hybridized carbons (Fsp3) is 0.444. The maximum Gasteiger partial charge on any atom is 0.308 e. The van der Waals surface area contributed by atoms with Gasteiger partial charge in [-0.15, -0.1) is 0 Å². The summed E-state index contributed by atoms with van der Waals surface area (Å²) in [6.45, 7) is 1.13. The molecule has 1 aromatic heterocycles. The van der Waals surface area contributed by atoms with Gasteiger partial charge in [0.2, 0.25) is 5.91 Å². The quantitative estimate of drug-likeness (QED) is 0.499. The molecule has 1 saturated heterocycles.